The number of ether oxygens (including phenoxy) is 1. The van der Waals surface area contributed by atoms with E-state index >= 15 is 0 Å². The molecular weight excluding hydrogens is 216 g/mol. The fourth-order valence-electron chi connectivity index (χ4n) is 1.47. The molecule has 0 aliphatic heterocycles. The number of Topliss-reactive ketones (excluding diaryl/α,β-unsaturated/α-hetero) is 1. The summed E-state index contributed by atoms with van der Waals surface area (Å²) in [6.45, 7) is 1.88. The molecule has 3 nitrogen and oxygen atoms in total. The van der Waals surface area contributed by atoms with E-state index in [0.717, 1.165) is 5.56 Å². The van der Waals surface area contributed by atoms with E-state index in [0.29, 0.717) is 32.3 Å². The summed E-state index contributed by atoms with van der Waals surface area (Å²) in [5.74, 6) is -0.0669. The van der Waals surface area contributed by atoms with Gasteiger partial charge in [0.2, 0.25) is 0 Å². The Morgan fingerprint density at radius 2 is 1.82 bits per heavy atom. The summed E-state index contributed by atoms with van der Waals surface area (Å²) in [6.07, 6.45) is 2.19. The van der Waals surface area contributed by atoms with Gasteiger partial charge in [-0.05, 0) is 25.3 Å². The smallest absolute Gasteiger partial charge is 0.306 e. The Labute approximate surface area is 102 Å². The summed E-state index contributed by atoms with van der Waals surface area (Å²) in [5, 5.41) is 0. The molecule has 0 aliphatic carbocycles. The molecule has 0 heterocycles. The first kappa shape index (κ1) is 13.4. The Bertz CT molecular complexity index is 357. The predicted octanol–water partition coefficient (Wildman–Crippen LogP) is 2.53. The zero-order chi connectivity index (χ0) is 12.5. The molecule has 0 unspecified atom stereocenters. The van der Waals surface area contributed by atoms with Gasteiger partial charge in [-0.3, -0.25) is 4.79 Å². The SMILES string of the molecule is CC(=O)CCCOC(=O)CCc1ccccc1. The minimum Gasteiger partial charge on any atom is -0.466 e. The van der Waals surface area contributed by atoms with Crippen LogP contribution in [0.1, 0.15) is 31.7 Å². The van der Waals surface area contributed by atoms with Crippen LogP contribution in [0.2, 0.25) is 0 Å². The van der Waals surface area contributed by atoms with Crippen LogP contribution in [0.3, 0.4) is 0 Å². The molecule has 0 atom stereocenters. The van der Waals surface area contributed by atoms with Crippen molar-refractivity contribution in [1.29, 1.82) is 0 Å². The average Bonchev–Trinajstić information content (AvgIpc) is 2.33. The Morgan fingerprint density at radius 3 is 2.47 bits per heavy atom. The highest BCUT2D eigenvalue weighted by Gasteiger charge is 2.03. The summed E-state index contributed by atoms with van der Waals surface area (Å²) >= 11 is 0. The van der Waals surface area contributed by atoms with E-state index < -0.39 is 0 Å². The minimum atomic E-state index is -0.197. The van der Waals surface area contributed by atoms with Crippen molar-refractivity contribution in [2.75, 3.05) is 6.61 Å². The first-order valence-corrected chi connectivity index (χ1v) is 5.87. The molecule has 0 aliphatic rings. The van der Waals surface area contributed by atoms with E-state index in [9.17, 15) is 9.59 Å². The van der Waals surface area contributed by atoms with Gasteiger partial charge in [0, 0.05) is 12.8 Å². The number of benzene rings is 1. The molecule has 0 aromatic heterocycles. The van der Waals surface area contributed by atoms with Gasteiger partial charge in [-0.2, -0.15) is 0 Å². The molecule has 0 amide bonds. The van der Waals surface area contributed by atoms with Crippen molar-refractivity contribution in [3.8, 4) is 0 Å². The molecule has 0 saturated heterocycles. The van der Waals surface area contributed by atoms with E-state index in [2.05, 4.69) is 0 Å². The molecule has 0 radical (unpaired) electrons. The van der Waals surface area contributed by atoms with Gasteiger partial charge in [-0.1, -0.05) is 30.3 Å². The van der Waals surface area contributed by atoms with Crippen LogP contribution in [0, 0.1) is 0 Å². The Kier molecular flexibility index (Phi) is 6.00. The number of rotatable bonds is 7. The van der Waals surface area contributed by atoms with Gasteiger partial charge in [-0.25, -0.2) is 0 Å². The lowest BCUT2D eigenvalue weighted by Gasteiger charge is -2.04. The molecule has 3 heteroatoms. The predicted molar refractivity (Wildman–Crippen MR) is 65.6 cm³/mol. The third kappa shape index (κ3) is 6.51. The number of ketones is 1. The van der Waals surface area contributed by atoms with E-state index in [1.165, 1.54) is 6.92 Å². The van der Waals surface area contributed by atoms with Crippen LogP contribution in [-0.2, 0) is 20.7 Å². The molecule has 1 aromatic rings. The standard InChI is InChI=1S/C14H18O3/c1-12(15)6-5-11-17-14(16)10-9-13-7-3-2-4-8-13/h2-4,7-8H,5-6,9-11H2,1H3. The van der Waals surface area contributed by atoms with Crippen LogP contribution < -0.4 is 0 Å². The van der Waals surface area contributed by atoms with E-state index in [1.807, 2.05) is 30.3 Å². The second kappa shape index (κ2) is 7.60. The quantitative estimate of drug-likeness (QED) is 0.538. The summed E-state index contributed by atoms with van der Waals surface area (Å²) < 4.78 is 5.02. The molecule has 1 rings (SSSR count). The Morgan fingerprint density at radius 1 is 1.12 bits per heavy atom. The van der Waals surface area contributed by atoms with E-state index in [4.69, 9.17) is 4.74 Å². The Hall–Kier alpha value is -1.64. The lowest BCUT2D eigenvalue weighted by molar-refractivity contribution is -0.144. The molecule has 0 saturated carbocycles. The van der Waals surface area contributed by atoms with Gasteiger partial charge in [0.15, 0.2) is 0 Å². The number of hydrogen-bond acceptors (Lipinski definition) is 3. The lowest BCUT2D eigenvalue weighted by Crippen LogP contribution is -2.07. The number of carbonyl (C=O) groups excluding carboxylic acids is 2. The maximum atomic E-state index is 11.4. The third-order valence-electron chi connectivity index (χ3n) is 2.40. The number of aryl methyl sites for hydroxylation is 1. The van der Waals surface area contributed by atoms with Crippen LogP contribution >= 0.6 is 0 Å². The summed E-state index contributed by atoms with van der Waals surface area (Å²) in [4.78, 5) is 22.0. The maximum Gasteiger partial charge on any atom is 0.306 e. The summed E-state index contributed by atoms with van der Waals surface area (Å²) in [7, 11) is 0. The molecular formula is C14H18O3. The van der Waals surface area contributed by atoms with Crippen LogP contribution in [0.15, 0.2) is 30.3 Å². The van der Waals surface area contributed by atoms with Crippen LogP contribution in [0.25, 0.3) is 0 Å². The van der Waals surface area contributed by atoms with E-state index in [1.54, 1.807) is 0 Å². The van der Waals surface area contributed by atoms with Gasteiger partial charge in [0.1, 0.15) is 5.78 Å². The first-order chi connectivity index (χ1) is 8.18. The second-order valence-electron chi connectivity index (χ2n) is 4.01. The van der Waals surface area contributed by atoms with Crippen LogP contribution in [0.5, 0.6) is 0 Å². The summed E-state index contributed by atoms with van der Waals surface area (Å²) in [5.41, 5.74) is 1.13. The molecule has 1 aromatic carbocycles. The maximum absolute atomic E-state index is 11.4. The topological polar surface area (TPSA) is 43.4 Å². The van der Waals surface area contributed by atoms with Crippen LogP contribution in [0.4, 0.5) is 0 Å². The fraction of sp³-hybridized carbons (Fsp3) is 0.429. The highest BCUT2D eigenvalue weighted by atomic mass is 16.5. The van der Waals surface area contributed by atoms with Crippen molar-refractivity contribution in [3.63, 3.8) is 0 Å². The molecule has 0 N–H and O–H groups in total. The van der Waals surface area contributed by atoms with Crippen molar-refractivity contribution in [3.05, 3.63) is 35.9 Å². The van der Waals surface area contributed by atoms with Crippen molar-refractivity contribution in [2.24, 2.45) is 0 Å². The number of hydrogen-bond donors (Lipinski definition) is 0. The third-order valence-corrected chi connectivity index (χ3v) is 2.40. The van der Waals surface area contributed by atoms with E-state index in [-0.39, 0.29) is 11.8 Å². The molecule has 92 valence electrons. The fourth-order valence-corrected chi connectivity index (χ4v) is 1.47. The highest BCUT2D eigenvalue weighted by molar-refractivity contribution is 5.75. The van der Waals surface area contributed by atoms with Gasteiger partial charge in [0.25, 0.3) is 0 Å². The lowest BCUT2D eigenvalue weighted by atomic mass is 10.1. The van der Waals surface area contributed by atoms with Crippen molar-refractivity contribution < 1.29 is 14.3 Å². The first-order valence-electron chi connectivity index (χ1n) is 5.87. The molecule has 17 heavy (non-hydrogen) atoms. The van der Waals surface area contributed by atoms with Gasteiger partial charge < -0.3 is 9.53 Å². The zero-order valence-electron chi connectivity index (χ0n) is 10.1. The van der Waals surface area contributed by atoms with Crippen molar-refractivity contribution in [2.45, 2.75) is 32.6 Å². The van der Waals surface area contributed by atoms with Crippen molar-refractivity contribution in [1.82, 2.24) is 0 Å². The molecule has 0 spiro atoms. The number of esters is 1. The normalized spacial score (nSPS) is 9.94. The average molecular weight is 234 g/mol. The molecule has 0 fully saturated rings. The molecule has 0 bridgehead atoms. The zero-order valence-corrected chi connectivity index (χ0v) is 10.1. The van der Waals surface area contributed by atoms with Gasteiger partial charge >= 0.3 is 5.97 Å². The largest absolute Gasteiger partial charge is 0.466 e. The van der Waals surface area contributed by atoms with Crippen molar-refractivity contribution >= 4 is 11.8 Å². The van der Waals surface area contributed by atoms with Gasteiger partial charge in [0.05, 0.1) is 6.61 Å². The monoisotopic (exact) mass is 234 g/mol. The van der Waals surface area contributed by atoms with Crippen LogP contribution in [-0.4, -0.2) is 18.4 Å². The highest BCUT2D eigenvalue weighted by Crippen LogP contribution is 2.03. The second-order valence-corrected chi connectivity index (χ2v) is 4.01. The minimum absolute atomic E-state index is 0.130. The Balaban J connectivity index is 2.11. The number of carbonyl (C=O) groups is 2. The van der Waals surface area contributed by atoms with Gasteiger partial charge in [-0.15, -0.1) is 0 Å². The summed E-state index contributed by atoms with van der Waals surface area (Å²) in [6, 6.07) is 9.83.